The van der Waals surface area contributed by atoms with Crippen LogP contribution >= 0.6 is 11.6 Å². The molecule has 112 valence electrons. The molecule has 0 aliphatic rings. The standard InChI is InChI=1S/C16H19ClN2O2/c1-3-18-6-4-5-7-21-16(20)13-10-19-14-9-12(17)8-11(2)15(13)14/h3,8-10,18-19H,1,4-7H2,2H3. The Morgan fingerprint density at radius 2 is 2.29 bits per heavy atom. The van der Waals surface area contributed by atoms with E-state index in [4.69, 9.17) is 16.3 Å². The van der Waals surface area contributed by atoms with Crippen LogP contribution in [0.15, 0.2) is 31.1 Å². The predicted molar refractivity (Wildman–Crippen MR) is 85.8 cm³/mol. The van der Waals surface area contributed by atoms with E-state index in [-0.39, 0.29) is 5.97 Å². The Kier molecular flexibility index (Phi) is 5.28. The van der Waals surface area contributed by atoms with Gasteiger partial charge in [-0.25, -0.2) is 4.79 Å². The molecule has 0 aliphatic heterocycles. The van der Waals surface area contributed by atoms with Crippen molar-refractivity contribution in [3.8, 4) is 0 Å². The van der Waals surface area contributed by atoms with E-state index in [1.807, 2.05) is 19.1 Å². The van der Waals surface area contributed by atoms with Gasteiger partial charge in [0.05, 0.1) is 12.2 Å². The van der Waals surface area contributed by atoms with Crippen molar-refractivity contribution >= 4 is 28.5 Å². The summed E-state index contributed by atoms with van der Waals surface area (Å²) in [4.78, 5) is 15.2. The molecule has 21 heavy (non-hydrogen) atoms. The van der Waals surface area contributed by atoms with E-state index in [9.17, 15) is 4.79 Å². The second-order valence-electron chi connectivity index (χ2n) is 4.85. The number of H-pyrrole nitrogens is 1. The van der Waals surface area contributed by atoms with Crippen LogP contribution < -0.4 is 5.32 Å². The summed E-state index contributed by atoms with van der Waals surface area (Å²) in [6.45, 7) is 6.76. The number of hydrogen-bond donors (Lipinski definition) is 2. The van der Waals surface area contributed by atoms with E-state index < -0.39 is 0 Å². The first-order valence-corrected chi connectivity index (χ1v) is 7.30. The summed E-state index contributed by atoms with van der Waals surface area (Å²) in [7, 11) is 0. The Morgan fingerprint density at radius 1 is 1.48 bits per heavy atom. The molecule has 0 bridgehead atoms. The molecule has 0 saturated carbocycles. The summed E-state index contributed by atoms with van der Waals surface area (Å²) in [5.41, 5.74) is 2.37. The number of fused-ring (bicyclic) bond motifs is 1. The summed E-state index contributed by atoms with van der Waals surface area (Å²) >= 11 is 6.01. The van der Waals surface area contributed by atoms with Crippen LogP contribution in [0.3, 0.4) is 0 Å². The van der Waals surface area contributed by atoms with Crippen LogP contribution in [-0.4, -0.2) is 24.1 Å². The number of aromatic nitrogens is 1. The number of esters is 1. The number of aryl methyl sites for hydroxylation is 1. The van der Waals surface area contributed by atoms with Crippen molar-refractivity contribution in [1.82, 2.24) is 10.3 Å². The molecule has 2 rings (SSSR count). The zero-order chi connectivity index (χ0) is 15.2. The summed E-state index contributed by atoms with van der Waals surface area (Å²) in [6.07, 6.45) is 5.09. The molecule has 0 aliphatic carbocycles. The zero-order valence-electron chi connectivity index (χ0n) is 12.0. The van der Waals surface area contributed by atoms with Crippen LogP contribution in [0.25, 0.3) is 10.9 Å². The van der Waals surface area contributed by atoms with Gasteiger partial charge in [0, 0.05) is 28.7 Å². The normalized spacial score (nSPS) is 10.6. The second kappa shape index (κ2) is 7.18. The maximum atomic E-state index is 12.1. The lowest BCUT2D eigenvalue weighted by Gasteiger charge is -2.05. The van der Waals surface area contributed by atoms with Crippen molar-refractivity contribution in [2.24, 2.45) is 0 Å². The van der Waals surface area contributed by atoms with Gasteiger partial charge in [-0.15, -0.1) is 0 Å². The largest absolute Gasteiger partial charge is 0.462 e. The number of hydrogen-bond acceptors (Lipinski definition) is 3. The number of carbonyl (C=O) groups is 1. The lowest BCUT2D eigenvalue weighted by molar-refractivity contribution is 0.0501. The highest BCUT2D eigenvalue weighted by Crippen LogP contribution is 2.26. The number of rotatable bonds is 7. The third-order valence-electron chi connectivity index (χ3n) is 3.25. The Hall–Kier alpha value is -1.94. The van der Waals surface area contributed by atoms with Crippen molar-refractivity contribution in [2.45, 2.75) is 19.8 Å². The topological polar surface area (TPSA) is 54.1 Å². The van der Waals surface area contributed by atoms with Gasteiger partial charge in [-0.3, -0.25) is 0 Å². The first-order valence-electron chi connectivity index (χ1n) is 6.92. The molecule has 1 aromatic carbocycles. The second-order valence-corrected chi connectivity index (χ2v) is 5.29. The van der Waals surface area contributed by atoms with Crippen molar-refractivity contribution in [3.63, 3.8) is 0 Å². The highest BCUT2D eigenvalue weighted by molar-refractivity contribution is 6.31. The molecule has 0 atom stereocenters. The molecule has 0 fully saturated rings. The van der Waals surface area contributed by atoms with Crippen molar-refractivity contribution in [1.29, 1.82) is 0 Å². The molecule has 0 unspecified atom stereocenters. The fourth-order valence-electron chi connectivity index (χ4n) is 2.27. The van der Waals surface area contributed by atoms with Crippen LogP contribution in [0, 0.1) is 6.92 Å². The molecule has 2 N–H and O–H groups in total. The van der Waals surface area contributed by atoms with Gasteiger partial charge in [0.2, 0.25) is 0 Å². The molecule has 1 aromatic heterocycles. The smallest absolute Gasteiger partial charge is 0.340 e. The van der Waals surface area contributed by atoms with Gasteiger partial charge in [-0.1, -0.05) is 18.2 Å². The first-order chi connectivity index (χ1) is 10.1. The minimum absolute atomic E-state index is 0.302. The number of nitrogens with one attached hydrogen (secondary N) is 2. The molecule has 0 spiro atoms. The quantitative estimate of drug-likeness (QED) is 0.604. The maximum Gasteiger partial charge on any atom is 0.340 e. The highest BCUT2D eigenvalue weighted by Gasteiger charge is 2.15. The minimum Gasteiger partial charge on any atom is -0.462 e. The molecule has 5 heteroatoms. The Bertz CT molecular complexity index is 649. The summed E-state index contributed by atoms with van der Waals surface area (Å²) in [5, 5.41) is 4.53. The van der Waals surface area contributed by atoms with Gasteiger partial charge in [-0.05, 0) is 43.7 Å². The summed E-state index contributed by atoms with van der Waals surface area (Å²) in [5.74, 6) is -0.302. The third-order valence-corrected chi connectivity index (χ3v) is 3.47. The van der Waals surface area contributed by atoms with Crippen LogP contribution in [0.5, 0.6) is 0 Å². The van der Waals surface area contributed by atoms with E-state index >= 15 is 0 Å². The van der Waals surface area contributed by atoms with Gasteiger partial charge in [0.1, 0.15) is 0 Å². The number of aromatic amines is 1. The third kappa shape index (κ3) is 3.79. The van der Waals surface area contributed by atoms with Crippen LogP contribution in [0.2, 0.25) is 5.02 Å². The molecule has 0 amide bonds. The molecular weight excluding hydrogens is 288 g/mol. The Balaban J connectivity index is 1.98. The van der Waals surface area contributed by atoms with E-state index in [0.717, 1.165) is 35.9 Å². The van der Waals surface area contributed by atoms with Crippen LogP contribution in [-0.2, 0) is 4.74 Å². The predicted octanol–water partition coefficient (Wildman–Crippen LogP) is 3.80. The SMILES string of the molecule is C=CNCCCCOC(=O)c1c[nH]c2cc(Cl)cc(C)c12. The molecule has 0 radical (unpaired) electrons. The van der Waals surface area contributed by atoms with E-state index in [0.29, 0.717) is 17.2 Å². The molecule has 1 heterocycles. The minimum atomic E-state index is -0.302. The zero-order valence-corrected chi connectivity index (χ0v) is 12.8. The Morgan fingerprint density at radius 3 is 3.05 bits per heavy atom. The van der Waals surface area contributed by atoms with Crippen molar-refractivity contribution < 1.29 is 9.53 Å². The van der Waals surface area contributed by atoms with Gasteiger partial charge >= 0.3 is 5.97 Å². The van der Waals surface area contributed by atoms with E-state index in [2.05, 4.69) is 16.9 Å². The molecule has 4 nitrogen and oxygen atoms in total. The van der Waals surface area contributed by atoms with Crippen molar-refractivity contribution in [2.75, 3.05) is 13.2 Å². The lowest BCUT2D eigenvalue weighted by atomic mass is 10.1. The highest BCUT2D eigenvalue weighted by atomic mass is 35.5. The lowest BCUT2D eigenvalue weighted by Crippen LogP contribution is -2.10. The average Bonchev–Trinajstić information content (AvgIpc) is 2.86. The van der Waals surface area contributed by atoms with Crippen LogP contribution in [0.1, 0.15) is 28.8 Å². The number of halogens is 1. The maximum absolute atomic E-state index is 12.1. The molecule has 0 saturated heterocycles. The molecule has 2 aromatic rings. The monoisotopic (exact) mass is 306 g/mol. The van der Waals surface area contributed by atoms with Crippen molar-refractivity contribution in [3.05, 3.63) is 47.3 Å². The summed E-state index contributed by atoms with van der Waals surface area (Å²) in [6, 6.07) is 3.65. The number of carbonyl (C=O) groups excluding carboxylic acids is 1. The fourth-order valence-corrected chi connectivity index (χ4v) is 2.54. The van der Waals surface area contributed by atoms with E-state index in [1.54, 1.807) is 12.4 Å². The first kappa shape index (κ1) is 15.4. The average molecular weight is 307 g/mol. The summed E-state index contributed by atoms with van der Waals surface area (Å²) < 4.78 is 5.31. The van der Waals surface area contributed by atoms with Gasteiger partial charge in [0.25, 0.3) is 0 Å². The van der Waals surface area contributed by atoms with Gasteiger partial charge in [0.15, 0.2) is 0 Å². The van der Waals surface area contributed by atoms with Gasteiger partial charge < -0.3 is 15.0 Å². The molecular formula is C16H19ClN2O2. The number of benzene rings is 1. The fraction of sp³-hybridized carbons (Fsp3) is 0.312. The van der Waals surface area contributed by atoms with Gasteiger partial charge in [-0.2, -0.15) is 0 Å². The number of unbranched alkanes of at least 4 members (excludes halogenated alkanes) is 1. The Labute approximate surface area is 129 Å². The van der Waals surface area contributed by atoms with E-state index in [1.165, 1.54) is 0 Å². The van der Waals surface area contributed by atoms with Crippen LogP contribution in [0.4, 0.5) is 0 Å². The number of ether oxygens (including phenoxy) is 1.